The first-order chi connectivity index (χ1) is 25.9. The summed E-state index contributed by atoms with van der Waals surface area (Å²) in [5.41, 5.74) is 13.6. The van der Waals surface area contributed by atoms with Gasteiger partial charge < -0.3 is 41.6 Å². The Hall–Kier alpha value is -3.53. The summed E-state index contributed by atoms with van der Waals surface area (Å²) in [4.78, 5) is 40.2. The predicted octanol–water partition coefficient (Wildman–Crippen LogP) is 3.53. The summed E-state index contributed by atoms with van der Waals surface area (Å²) >= 11 is 1.49. The van der Waals surface area contributed by atoms with Crippen molar-refractivity contribution in [2.75, 3.05) is 52.7 Å². The van der Waals surface area contributed by atoms with Crippen LogP contribution in [-0.2, 0) is 40.9 Å². The van der Waals surface area contributed by atoms with Crippen LogP contribution in [0.4, 0.5) is 0 Å². The van der Waals surface area contributed by atoms with Crippen LogP contribution in [0.3, 0.4) is 0 Å². The molecule has 0 aliphatic heterocycles. The van der Waals surface area contributed by atoms with Crippen molar-refractivity contribution in [1.82, 2.24) is 20.7 Å². The van der Waals surface area contributed by atoms with Crippen LogP contribution in [0.2, 0.25) is 0 Å². The van der Waals surface area contributed by atoms with E-state index in [0.29, 0.717) is 82.8 Å². The Morgan fingerprint density at radius 2 is 1.45 bits per heavy atom. The molecule has 0 heterocycles. The molecule has 0 unspecified atom stereocenters. The maximum atomic E-state index is 13.9. The highest BCUT2D eigenvalue weighted by molar-refractivity contribution is 7.96. The lowest BCUT2D eigenvalue weighted by Gasteiger charge is -2.28. The second kappa shape index (κ2) is 27.1. The highest BCUT2D eigenvalue weighted by Crippen LogP contribution is 2.28. The fourth-order valence-corrected chi connectivity index (χ4v) is 6.76. The quantitative estimate of drug-likeness (QED) is 0.0292. The van der Waals surface area contributed by atoms with Gasteiger partial charge in [-0.3, -0.25) is 24.5 Å². The average Bonchev–Trinajstić information content (AvgIpc) is 3.17. The minimum atomic E-state index is -0.908. The lowest BCUT2D eigenvalue weighted by atomic mass is 9.85. The third-order valence-corrected chi connectivity index (χ3v) is 9.90. The number of hydrogen-bond acceptors (Lipinski definition) is 10. The average molecular weight is 756 g/mol. The van der Waals surface area contributed by atoms with Gasteiger partial charge in [0.1, 0.15) is 11.9 Å². The first-order valence-electron chi connectivity index (χ1n) is 19.0. The first kappa shape index (κ1) is 43.9. The molecule has 2 aromatic rings. The fraction of sp³-hybridized carbons (Fsp3) is 0.590. The maximum Gasteiger partial charge on any atom is 0.242 e. The molecule has 1 aliphatic rings. The smallest absolute Gasteiger partial charge is 0.242 e. The standard InChI is InChI=1S/C39H61N7O6S/c40-19-7-21-50-23-25-52-26-24-51-22-8-20-43-36(47)18-17-34(38(48)44-28-31-13-15-33(16-14-31)37(41)42)45-39(49)35(27-30-9-3-1-4-10-30)46-53-29-32-11-5-2-6-12-32/h2,5-6,11-16,30,34-35,46H,1,3-4,7-10,17-29,40H2,(H3,41,42)(H,43,47)(H,44,48)(H,45,49)/t34-,35+/m0/s1. The zero-order valence-electron chi connectivity index (χ0n) is 31.1. The first-order valence-corrected chi connectivity index (χ1v) is 20.0. The normalized spacial score (nSPS) is 14.3. The predicted molar refractivity (Wildman–Crippen MR) is 210 cm³/mol. The summed E-state index contributed by atoms with van der Waals surface area (Å²) in [6.45, 7) is 4.33. The fourth-order valence-electron chi connectivity index (χ4n) is 5.91. The van der Waals surface area contributed by atoms with Crippen molar-refractivity contribution in [2.24, 2.45) is 17.4 Å². The molecule has 294 valence electrons. The van der Waals surface area contributed by atoms with E-state index in [2.05, 4.69) is 32.8 Å². The van der Waals surface area contributed by atoms with Gasteiger partial charge in [-0.25, -0.2) is 0 Å². The number of carbonyl (C=O) groups is 3. The molecule has 3 rings (SSSR count). The van der Waals surface area contributed by atoms with Crippen LogP contribution in [-0.4, -0.2) is 88.4 Å². The molecule has 9 N–H and O–H groups in total. The van der Waals surface area contributed by atoms with Gasteiger partial charge in [-0.05, 0) is 49.3 Å². The van der Waals surface area contributed by atoms with Crippen LogP contribution >= 0.6 is 11.9 Å². The Morgan fingerprint density at radius 3 is 2.11 bits per heavy atom. The number of amides is 3. The lowest BCUT2D eigenvalue weighted by molar-refractivity contribution is -0.130. The van der Waals surface area contributed by atoms with E-state index in [1.54, 1.807) is 24.3 Å². The van der Waals surface area contributed by atoms with Gasteiger partial charge in [0.25, 0.3) is 0 Å². The van der Waals surface area contributed by atoms with Crippen molar-refractivity contribution in [1.29, 1.82) is 5.41 Å². The minimum absolute atomic E-state index is 0.0335. The molecule has 0 bridgehead atoms. The number of hydrogen-bond donors (Lipinski definition) is 7. The number of nitrogen functional groups attached to an aromatic ring is 1. The van der Waals surface area contributed by atoms with Crippen molar-refractivity contribution < 1.29 is 28.6 Å². The molecule has 0 radical (unpaired) electrons. The molecule has 53 heavy (non-hydrogen) atoms. The van der Waals surface area contributed by atoms with Crippen molar-refractivity contribution in [3.63, 3.8) is 0 Å². The Bertz CT molecular complexity index is 1330. The molecule has 1 saturated carbocycles. The van der Waals surface area contributed by atoms with E-state index < -0.39 is 12.1 Å². The highest BCUT2D eigenvalue weighted by atomic mass is 32.2. The second-order valence-electron chi connectivity index (χ2n) is 13.3. The summed E-state index contributed by atoms with van der Waals surface area (Å²) in [5, 5.41) is 16.4. The number of ether oxygens (including phenoxy) is 3. The summed E-state index contributed by atoms with van der Waals surface area (Å²) in [5.74, 6) is 0.282. The monoisotopic (exact) mass is 755 g/mol. The van der Waals surface area contributed by atoms with E-state index in [-0.39, 0.29) is 42.9 Å². The van der Waals surface area contributed by atoms with Gasteiger partial charge in [-0.1, -0.05) is 98.6 Å². The zero-order chi connectivity index (χ0) is 37.9. The van der Waals surface area contributed by atoms with E-state index in [1.807, 2.05) is 18.2 Å². The third kappa shape index (κ3) is 19.4. The zero-order valence-corrected chi connectivity index (χ0v) is 31.9. The Balaban J connectivity index is 1.51. The third-order valence-electron chi connectivity index (χ3n) is 8.97. The molecule has 2 aromatic carbocycles. The number of benzene rings is 2. The van der Waals surface area contributed by atoms with Crippen molar-refractivity contribution >= 4 is 35.5 Å². The van der Waals surface area contributed by atoms with Gasteiger partial charge in [-0.2, -0.15) is 0 Å². The van der Waals surface area contributed by atoms with Gasteiger partial charge in [0.05, 0.1) is 32.5 Å². The lowest BCUT2D eigenvalue weighted by Crippen LogP contribution is -2.52. The van der Waals surface area contributed by atoms with Gasteiger partial charge in [0, 0.05) is 44.0 Å². The van der Waals surface area contributed by atoms with Gasteiger partial charge in [0.2, 0.25) is 17.7 Å². The van der Waals surface area contributed by atoms with Crippen molar-refractivity contribution in [3.8, 4) is 0 Å². The molecule has 3 amide bonds. The van der Waals surface area contributed by atoms with Crippen molar-refractivity contribution in [2.45, 2.75) is 88.6 Å². The van der Waals surface area contributed by atoms with Crippen LogP contribution in [0.1, 0.15) is 80.9 Å². The molecule has 0 spiro atoms. The largest absolute Gasteiger partial charge is 0.384 e. The SMILES string of the molecule is N=C(N)c1ccc(CNC(=O)[C@H](CCC(=O)NCCCOCCOCCOCCCN)NC(=O)[C@@H](CC2CCCCC2)NSCc2ccccc2)cc1. The summed E-state index contributed by atoms with van der Waals surface area (Å²) in [6, 6.07) is 15.7. The van der Waals surface area contributed by atoms with Crippen LogP contribution in [0.25, 0.3) is 0 Å². The van der Waals surface area contributed by atoms with E-state index >= 15 is 0 Å². The molecule has 0 aromatic heterocycles. The Labute approximate surface area is 319 Å². The maximum absolute atomic E-state index is 13.9. The van der Waals surface area contributed by atoms with Gasteiger partial charge in [0.15, 0.2) is 0 Å². The Kier molecular flexibility index (Phi) is 22.4. The molecule has 1 fully saturated rings. The number of rotatable bonds is 28. The van der Waals surface area contributed by atoms with E-state index in [4.69, 9.17) is 31.1 Å². The number of carbonyl (C=O) groups excluding carboxylic acids is 3. The highest BCUT2D eigenvalue weighted by Gasteiger charge is 2.29. The van der Waals surface area contributed by atoms with Gasteiger partial charge >= 0.3 is 0 Å². The van der Waals surface area contributed by atoms with Crippen LogP contribution in [0.5, 0.6) is 0 Å². The number of nitrogens with one attached hydrogen (secondary N) is 5. The van der Waals surface area contributed by atoms with E-state index in [9.17, 15) is 14.4 Å². The van der Waals surface area contributed by atoms with E-state index in [1.165, 1.54) is 18.4 Å². The number of nitrogens with two attached hydrogens (primary N) is 2. The molecule has 13 nitrogen and oxygen atoms in total. The molecule has 0 saturated heterocycles. The van der Waals surface area contributed by atoms with Crippen LogP contribution in [0.15, 0.2) is 54.6 Å². The summed E-state index contributed by atoms with van der Waals surface area (Å²) in [6.07, 6.45) is 8.08. The Morgan fingerprint density at radius 1 is 0.792 bits per heavy atom. The van der Waals surface area contributed by atoms with Crippen LogP contribution < -0.4 is 32.1 Å². The molecular weight excluding hydrogens is 695 g/mol. The molecule has 1 aliphatic carbocycles. The van der Waals surface area contributed by atoms with E-state index in [0.717, 1.165) is 43.2 Å². The summed E-state index contributed by atoms with van der Waals surface area (Å²) in [7, 11) is 0. The molecular formula is C39H61N7O6S. The molecule has 2 atom stereocenters. The topological polar surface area (TPSA) is 203 Å². The summed E-state index contributed by atoms with van der Waals surface area (Å²) < 4.78 is 19.9. The van der Waals surface area contributed by atoms with Gasteiger partial charge in [-0.15, -0.1) is 0 Å². The van der Waals surface area contributed by atoms with Crippen LogP contribution in [0, 0.1) is 11.3 Å². The second-order valence-corrected chi connectivity index (χ2v) is 14.1. The number of amidine groups is 1. The van der Waals surface area contributed by atoms with Crippen molar-refractivity contribution in [3.05, 3.63) is 71.3 Å². The minimum Gasteiger partial charge on any atom is -0.384 e. The molecule has 14 heteroatoms.